The molecular formula is C25H27F7O. The summed E-state index contributed by atoms with van der Waals surface area (Å²) in [6.45, 7) is 2.20. The Morgan fingerprint density at radius 1 is 0.909 bits per heavy atom. The van der Waals surface area contributed by atoms with Crippen molar-refractivity contribution < 1.29 is 35.5 Å². The number of halogens is 7. The number of rotatable bonds is 8. The van der Waals surface area contributed by atoms with Gasteiger partial charge < -0.3 is 4.74 Å². The molecule has 0 aromatic heterocycles. The van der Waals surface area contributed by atoms with Crippen molar-refractivity contribution in [3.8, 4) is 16.9 Å². The molecule has 0 bridgehead atoms. The molecule has 0 amide bonds. The summed E-state index contributed by atoms with van der Waals surface area (Å²) in [6.07, 6.45) is -7.25. The van der Waals surface area contributed by atoms with Gasteiger partial charge >= 0.3 is 12.3 Å². The highest BCUT2D eigenvalue weighted by molar-refractivity contribution is 5.64. The molecule has 1 nitrogen and oxygen atoms in total. The molecule has 0 heterocycles. The summed E-state index contributed by atoms with van der Waals surface area (Å²) in [5.41, 5.74) is 2.14. The third-order valence-corrected chi connectivity index (χ3v) is 6.29. The highest BCUT2D eigenvalue weighted by Crippen LogP contribution is 2.39. The van der Waals surface area contributed by atoms with Crippen molar-refractivity contribution in [3.05, 3.63) is 53.8 Å². The average molecular weight is 476 g/mol. The maximum atomic E-state index is 14.3. The quantitative estimate of drug-likeness (QED) is 0.346. The molecule has 2 aromatic carbocycles. The number of hydrogen-bond acceptors (Lipinski definition) is 1. The van der Waals surface area contributed by atoms with Gasteiger partial charge in [-0.15, -0.1) is 0 Å². The first-order valence-electron chi connectivity index (χ1n) is 11.2. The van der Waals surface area contributed by atoms with Crippen molar-refractivity contribution in [2.45, 2.75) is 76.2 Å². The fraction of sp³-hybridized carbons (Fsp3) is 0.520. The van der Waals surface area contributed by atoms with Crippen LogP contribution in [-0.2, 0) is 0 Å². The van der Waals surface area contributed by atoms with Crippen molar-refractivity contribution >= 4 is 0 Å². The topological polar surface area (TPSA) is 9.23 Å². The van der Waals surface area contributed by atoms with E-state index in [0.29, 0.717) is 17.0 Å². The largest absolute Gasteiger partial charge is 0.439 e. The molecule has 1 atom stereocenters. The molecule has 1 aliphatic carbocycles. The van der Waals surface area contributed by atoms with E-state index in [4.69, 9.17) is 0 Å². The monoisotopic (exact) mass is 476 g/mol. The highest BCUT2D eigenvalue weighted by Gasteiger charge is 2.59. The first-order chi connectivity index (χ1) is 15.5. The van der Waals surface area contributed by atoms with Crippen LogP contribution in [0.15, 0.2) is 42.5 Å². The highest BCUT2D eigenvalue weighted by atomic mass is 19.4. The third-order valence-electron chi connectivity index (χ3n) is 6.29. The van der Waals surface area contributed by atoms with Crippen molar-refractivity contribution in [1.29, 1.82) is 0 Å². The van der Waals surface area contributed by atoms with Crippen LogP contribution in [0.5, 0.6) is 5.75 Å². The van der Waals surface area contributed by atoms with Gasteiger partial charge in [-0.2, -0.15) is 22.0 Å². The molecule has 0 aliphatic heterocycles. The summed E-state index contributed by atoms with van der Waals surface area (Å²) >= 11 is 0. The maximum Gasteiger partial charge on any atom is 0.439 e. The van der Waals surface area contributed by atoms with E-state index in [1.165, 1.54) is 43.7 Å². The van der Waals surface area contributed by atoms with Crippen LogP contribution < -0.4 is 4.74 Å². The van der Waals surface area contributed by atoms with Gasteiger partial charge in [0.2, 0.25) is 0 Å². The molecule has 1 saturated carbocycles. The van der Waals surface area contributed by atoms with E-state index in [1.54, 1.807) is 12.1 Å². The molecule has 3 rings (SSSR count). The van der Waals surface area contributed by atoms with Crippen molar-refractivity contribution in [1.82, 2.24) is 0 Å². The summed E-state index contributed by atoms with van der Waals surface area (Å²) < 4.78 is 94.6. The van der Waals surface area contributed by atoms with Crippen LogP contribution in [0.2, 0.25) is 0 Å². The maximum absolute atomic E-state index is 14.3. The lowest BCUT2D eigenvalue weighted by atomic mass is 9.77. The number of unbranched alkanes of at least 4 members (excludes halogenated alkanes) is 1. The lowest BCUT2D eigenvalue weighted by molar-refractivity contribution is -0.305. The molecule has 33 heavy (non-hydrogen) atoms. The van der Waals surface area contributed by atoms with Gasteiger partial charge in [0.05, 0.1) is 0 Å². The summed E-state index contributed by atoms with van der Waals surface area (Å²) in [6, 6.07) is 10.4. The predicted octanol–water partition coefficient (Wildman–Crippen LogP) is 8.83. The Kier molecular flexibility index (Phi) is 7.96. The van der Waals surface area contributed by atoms with Crippen molar-refractivity contribution in [2.24, 2.45) is 5.92 Å². The summed E-state index contributed by atoms with van der Waals surface area (Å²) in [5.74, 6) is -1.21. The van der Waals surface area contributed by atoms with E-state index >= 15 is 0 Å². The first kappa shape index (κ1) is 25.4. The van der Waals surface area contributed by atoms with E-state index in [2.05, 4.69) is 11.7 Å². The molecule has 0 saturated heterocycles. The minimum Gasteiger partial charge on any atom is -0.427 e. The molecule has 1 unspecified atom stereocenters. The van der Waals surface area contributed by atoms with E-state index in [1.807, 2.05) is 12.1 Å². The average Bonchev–Trinajstić information content (AvgIpc) is 2.78. The zero-order valence-electron chi connectivity index (χ0n) is 18.3. The van der Waals surface area contributed by atoms with E-state index in [-0.39, 0.29) is 0 Å². The Balaban J connectivity index is 1.66. The molecule has 1 aliphatic rings. The van der Waals surface area contributed by atoms with Crippen LogP contribution in [0.1, 0.15) is 63.4 Å². The van der Waals surface area contributed by atoms with Gasteiger partial charge in [-0.1, -0.05) is 56.5 Å². The SMILES string of the molecule is CCCCC1CCC(c2ccc(-c3ccc(OC(F)(F)C(F)C(F)(F)F)c(F)c3)cc2)CC1. The van der Waals surface area contributed by atoms with Crippen LogP contribution in [0.4, 0.5) is 30.7 Å². The zero-order chi connectivity index (χ0) is 24.2. The molecule has 2 aromatic rings. The Hall–Kier alpha value is -2.25. The fourth-order valence-electron chi connectivity index (χ4n) is 4.38. The Morgan fingerprint density at radius 3 is 2.06 bits per heavy atom. The van der Waals surface area contributed by atoms with Crippen LogP contribution in [0, 0.1) is 11.7 Å². The number of ether oxygens (including phenoxy) is 1. The smallest absolute Gasteiger partial charge is 0.427 e. The van der Waals surface area contributed by atoms with Gasteiger partial charge in [0.1, 0.15) is 0 Å². The van der Waals surface area contributed by atoms with Gasteiger partial charge in [0, 0.05) is 0 Å². The van der Waals surface area contributed by atoms with Gasteiger partial charge in [-0.05, 0) is 66.3 Å². The lowest BCUT2D eigenvalue weighted by Gasteiger charge is -2.29. The lowest BCUT2D eigenvalue weighted by Crippen LogP contribution is -2.45. The second kappa shape index (κ2) is 10.3. The van der Waals surface area contributed by atoms with E-state index in [9.17, 15) is 30.7 Å². The standard InChI is InChI=1S/C25H27F7O/c1-2-3-4-16-5-7-17(8-6-16)18-9-11-19(12-10-18)20-13-14-22(21(26)15-20)33-25(31,32)23(27)24(28,29)30/h9-17,23H,2-8H2,1H3. The number of hydrogen-bond donors (Lipinski definition) is 0. The van der Waals surface area contributed by atoms with Crippen LogP contribution in [0.25, 0.3) is 11.1 Å². The molecule has 182 valence electrons. The predicted molar refractivity (Wildman–Crippen MR) is 113 cm³/mol. The van der Waals surface area contributed by atoms with Gasteiger partial charge in [-0.25, -0.2) is 8.78 Å². The van der Waals surface area contributed by atoms with Crippen LogP contribution in [0.3, 0.4) is 0 Å². The molecule has 1 fully saturated rings. The fourth-order valence-corrected chi connectivity index (χ4v) is 4.38. The Morgan fingerprint density at radius 2 is 1.52 bits per heavy atom. The normalized spacial score (nSPS) is 20.5. The van der Waals surface area contributed by atoms with Crippen molar-refractivity contribution in [3.63, 3.8) is 0 Å². The van der Waals surface area contributed by atoms with E-state index < -0.39 is 30.0 Å². The minimum absolute atomic E-state index is 0.339. The Labute approximate surface area is 188 Å². The van der Waals surface area contributed by atoms with Crippen LogP contribution >= 0.6 is 0 Å². The first-order valence-corrected chi connectivity index (χ1v) is 11.2. The Bertz CT molecular complexity index is 900. The second-order valence-corrected chi connectivity index (χ2v) is 8.70. The summed E-state index contributed by atoms with van der Waals surface area (Å²) in [4.78, 5) is 0. The number of alkyl halides is 6. The molecule has 0 radical (unpaired) electrons. The third kappa shape index (κ3) is 6.42. The molecular weight excluding hydrogens is 449 g/mol. The van der Waals surface area contributed by atoms with E-state index in [0.717, 1.165) is 30.9 Å². The molecule has 0 N–H and O–H groups in total. The second-order valence-electron chi connectivity index (χ2n) is 8.70. The van der Waals surface area contributed by atoms with Crippen molar-refractivity contribution in [2.75, 3.05) is 0 Å². The van der Waals surface area contributed by atoms with Gasteiger partial charge in [-0.3, -0.25) is 0 Å². The number of benzene rings is 2. The minimum atomic E-state index is -5.84. The van der Waals surface area contributed by atoms with Crippen LogP contribution in [-0.4, -0.2) is 18.5 Å². The molecule has 0 spiro atoms. The summed E-state index contributed by atoms with van der Waals surface area (Å²) in [5, 5.41) is 0. The molecule has 8 heteroatoms. The zero-order valence-corrected chi connectivity index (χ0v) is 18.3. The van der Waals surface area contributed by atoms with Gasteiger partial charge in [0.15, 0.2) is 11.6 Å². The van der Waals surface area contributed by atoms with Gasteiger partial charge in [0.25, 0.3) is 6.17 Å². The summed E-state index contributed by atoms with van der Waals surface area (Å²) in [7, 11) is 0.